The molecule has 5 rings (SSSR count). The van der Waals surface area contributed by atoms with Crippen LogP contribution in [0.1, 0.15) is 12.5 Å². The molecular formula is C26H24N4O4S. The highest BCUT2D eigenvalue weighted by molar-refractivity contribution is 7.22. The third-order valence-electron chi connectivity index (χ3n) is 6.23. The molecule has 1 aliphatic heterocycles. The lowest BCUT2D eigenvalue weighted by atomic mass is 9.90. The van der Waals surface area contributed by atoms with Crippen LogP contribution in [0.4, 0.5) is 9.93 Å². The normalized spacial score (nSPS) is 17.8. The van der Waals surface area contributed by atoms with E-state index in [4.69, 9.17) is 4.74 Å². The molecule has 4 amide bonds. The first-order chi connectivity index (χ1) is 16.9. The van der Waals surface area contributed by atoms with Crippen LogP contribution in [0.5, 0.6) is 0 Å². The Morgan fingerprint density at radius 3 is 2.60 bits per heavy atom. The van der Waals surface area contributed by atoms with E-state index >= 15 is 0 Å². The van der Waals surface area contributed by atoms with Crippen LogP contribution in [0.15, 0.2) is 66.7 Å². The molecule has 0 spiro atoms. The van der Waals surface area contributed by atoms with E-state index in [1.54, 1.807) is 14.0 Å². The number of imide groups is 1. The highest BCUT2D eigenvalue weighted by atomic mass is 32.1. The van der Waals surface area contributed by atoms with E-state index in [9.17, 15) is 14.4 Å². The number of hydrogen-bond acceptors (Lipinski definition) is 6. The molecule has 1 aliphatic rings. The highest BCUT2D eigenvalue weighted by Gasteiger charge is 2.50. The summed E-state index contributed by atoms with van der Waals surface area (Å²) >= 11 is 1.38. The van der Waals surface area contributed by atoms with Gasteiger partial charge in [0.1, 0.15) is 12.1 Å². The van der Waals surface area contributed by atoms with Gasteiger partial charge in [0.05, 0.1) is 23.4 Å². The van der Waals surface area contributed by atoms with Crippen LogP contribution in [-0.4, -0.2) is 54.5 Å². The number of carbonyl (C=O) groups excluding carboxylic acids is 3. The summed E-state index contributed by atoms with van der Waals surface area (Å²) in [5.74, 6) is -0.880. The number of para-hydroxylation sites is 1. The second kappa shape index (κ2) is 9.09. The lowest BCUT2D eigenvalue weighted by Gasteiger charge is -2.24. The molecule has 0 bridgehead atoms. The molecule has 0 radical (unpaired) electrons. The lowest BCUT2D eigenvalue weighted by Crippen LogP contribution is -2.45. The molecule has 1 aromatic heterocycles. The zero-order valence-corrected chi connectivity index (χ0v) is 20.2. The Hall–Kier alpha value is -3.82. The van der Waals surface area contributed by atoms with Crippen molar-refractivity contribution in [2.24, 2.45) is 0 Å². The van der Waals surface area contributed by atoms with Crippen LogP contribution < -0.4 is 10.2 Å². The van der Waals surface area contributed by atoms with E-state index in [1.807, 2.05) is 66.7 Å². The number of nitrogens with zero attached hydrogens (tertiary/aromatic N) is 3. The van der Waals surface area contributed by atoms with Crippen molar-refractivity contribution in [2.45, 2.75) is 12.5 Å². The zero-order chi connectivity index (χ0) is 24.6. The monoisotopic (exact) mass is 488 g/mol. The number of fused-ring (bicyclic) bond motifs is 2. The summed E-state index contributed by atoms with van der Waals surface area (Å²) in [5.41, 5.74) is 0.169. The maximum atomic E-state index is 13.5. The van der Waals surface area contributed by atoms with E-state index in [-0.39, 0.29) is 13.2 Å². The summed E-state index contributed by atoms with van der Waals surface area (Å²) in [4.78, 5) is 46.7. The minimum atomic E-state index is -1.27. The number of benzene rings is 3. The fraction of sp³-hybridized carbons (Fsp3) is 0.231. The zero-order valence-electron chi connectivity index (χ0n) is 19.4. The fourth-order valence-corrected chi connectivity index (χ4v) is 5.25. The number of methoxy groups -OCH3 is 1. The Kier molecular flexibility index (Phi) is 5.96. The Morgan fingerprint density at radius 1 is 1.09 bits per heavy atom. The van der Waals surface area contributed by atoms with Crippen molar-refractivity contribution in [3.8, 4) is 0 Å². The summed E-state index contributed by atoms with van der Waals surface area (Å²) in [7, 11) is 1.55. The maximum absolute atomic E-state index is 13.5. The predicted molar refractivity (Wildman–Crippen MR) is 135 cm³/mol. The van der Waals surface area contributed by atoms with Gasteiger partial charge in [-0.2, -0.15) is 0 Å². The van der Waals surface area contributed by atoms with Crippen LogP contribution in [0.2, 0.25) is 0 Å². The Labute approximate surface area is 206 Å². The number of hydrogen-bond donors (Lipinski definition) is 1. The van der Waals surface area contributed by atoms with Gasteiger partial charge < -0.3 is 10.1 Å². The van der Waals surface area contributed by atoms with Gasteiger partial charge in [-0.25, -0.2) is 9.78 Å². The summed E-state index contributed by atoms with van der Waals surface area (Å²) in [6.07, 6.45) is 0. The first-order valence-electron chi connectivity index (χ1n) is 11.2. The summed E-state index contributed by atoms with van der Waals surface area (Å²) < 4.78 is 6.12. The van der Waals surface area contributed by atoms with Crippen LogP contribution in [0, 0.1) is 0 Å². The quantitative estimate of drug-likeness (QED) is 0.399. The van der Waals surface area contributed by atoms with Gasteiger partial charge in [0.25, 0.3) is 5.91 Å². The first-order valence-corrected chi connectivity index (χ1v) is 12.0. The number of nitrogens with one attached hydrogen (secondary N) is 1. The van der Waals surface area contributed by atoms with E-state index in [0.29, 0.717) is 10.7 Å². The number of thiazole rings is 1. The molecule has 0 aliphatic carbocycles. The van der Waals surface area contributed by atoms with Gasteiger partial charge in [-0.15, -0.1) is 0 Å². The Bertz CT molecular complexity index is 1420. The van der Waals surface area contributed by atoms with Crippen molar-refractivity contribution < 1.29 is 19.1 Å². The summed E-state index contributed by atoms with van der Waals surface area (Å²) in [5, 5.41) is 5.28. The summed E-state index contributed by atoms with van der Waals surface area (Å²) in [6.45, 7) is 1.81. The van der Waals surface area contributed by atoms with Gasteiger partial charge >= 0.3 is 6.03 Å². The number of ether oxygens (including phenoxy) is 1. The van der Waals surface area contributed by atoms with Crippen LogP contribution in [0.3, 0.4) is 0 Å². The average Bonchev–Trinajstić information content (AvgIpc) is 3.39. The number of aromatic nitrogens is 1. The van der Waals surface area contributed by atoms with E-state index in [1.165, 1.54) is 16.2 Å². The second-order valence-electron chi connectivity index (χ2n) is 8.51. The van der Waals surface area contributed by atoms with Gasteiger partial charge in [0, 0.05) is 7.11 Å². The number of carbonyl (C=O) groups is 3. The molecule has 1 saturated heterocycles. The SMILES string of the molecule is COCCN(C(=O)CN1C(=O)NC(C)(c2ccc3ccccc3c2)C1=O)c1nc2ccccc2s1. The van der Waals surface area contributed by atoms with Gasteiger partial charge in [-0.1, -0.05) is 59.9 Å². The Balaban J connectivity index is 1.41. The maximum Gasteiger partial charge on any atom is 0.325 e. The average molecular weight is 489 g/mol. The number of urea groups is 1. The smallest absolute Gasteiger partial charge is 0.325 e. The van der Waals surface area contributed by atoms with Crippen molar-refractivity contribution in [1.82, 2.24) is 15.2 Å². The van der Waals surface area contributed by atoms with Gasteiger partial charge in [0.15, 0.2) is 5.13 Å². The van der Waals surface area contributed by atoms with Gasteiger partial charge in [0.2, 0.25) is 5.91 Å². The predicted octanol–water partition coefficient (Wildman–Crippen LogP) is 3.90. The molecule has 9 heteroatoms. The molecule has 35 heavy (non-hydrogen) atoms. The standard InChI is InChI=1S/C26H24N4O4S/c1-26(19-12-11-17-7-3-4-8-18(17)15-19)23(32)30(24(33)28-26)16-22(31)29(13-14-34-2)25-27-20-9-5-6-10-21(20)35-25/h3-12,15H,13-14,16H2,1-2H3,(H,28,33). The lowest BCUT2D eigenvalue weighted by molar-refractivity contribution is -0.134. The minimum Gasteiger partial charge on any atom is -0.383 e. The molecule has 178 valence electrons. The fourth-order valence-electron chi connectivity index (χ4n) is 4.24. The first kappa shape index (κ1) is 22.9. The molecule has 4 aromatic rings. The minimum absolute atomic E-state index is 0.251. The molecule has 1 atom stereocenters. The number of anilines is 1. The topological polar surface area (TPSA) is 91.8 Å². The molecule has 0 saturated carbocycles. The van der Waals surface area contributed by atoms with Crippen molar-refractivity contribution in [3.63, 3.8) is 0 Å². The largest absolute Gasteiger partial charge is 0.383 e. The second-order valence-corrected chi connectivity index (χ2v) is 9.52. The molecule has 1 fully saturated rings. The van der Waals surface area contributed by atoms with E-state index in [2.05, 4.69) is 10.3 Å². The Morgan fingerprint density at radius 2 is 1.83 bits per heavy atom. The highest BCUT2D eigenvalue weighted by Crippen LogP contribution is 2.32. The van der Waals surface area contributed by atoms with Crippen molar-refractivity contribution in [1.29, 1.82) is 0 Å². The van der Waals surface area contributed by atoms with Crippen molar-refractivity contribution in [3.05, 3.63) is 72.3 Å². The molecule has 3 aromatic carbocycles. The van der Waals surface area contributed by atoms with E-state index in [0.717, 1.165) is 25.9 Å². The van der Waals surface area contributed by atoms with Crippen molar-refractivity contribution in [2.75, 3.05) is 31.7 Å². The third kappa shape index (κ3) is 4.13. The molecule has 2 heterocycles. The van der Waals surface area contributed by atoms with Crippen LogP contribution in [0.25, 0.3) is 21.0 Å². The van der Waals surface area contributed by atoms with Gasteiger partial charge in [-0.05, 0) is 41.5 Å². The third-order valence-corrected chi connectivity index (χ3v) is 7.29. The molecular weight excluding hydrogens is 464 g/mol. The number of amides is 4. The van der Waals surface area contributed by atoms with E-state index < -0.39 is 29.9 Å². The van der Waals surface area contributed by atoms with Crippen LogP contribution in [-0.2, 0) is 19.9 Å². The van der Waals surface area contributed by atoms with Gasteiger partial charge in [-0.3, -0.25) is 19.4 Å². The van der Waals surface area contributed by atoms with Crippen molar-refractivity contribution >= 4 is 55.3 Å². The summed E-state index contributed by atoms with van der Waals surface area (Å²) in [6, 6.07) is 20.4. The molecule has 8 nitrogen and oxygen atoms in total. The number of rotatable bonds is 7. The van der Waals surface area contributed by atoms with Crippen LogP contribution >= 0.6 is 11.3 Å². The molecule has 1 N–H and O–H groups in total. The molecule has 1 unspecified atom stereocenters.